The van der Waals surface area contributed by atoms with Gasteiger partial charge in [0.05, 0.1) is 12.0 Å². The molecule has 1 aliphatic rings. The summed E-state index contributed by atoms with van der Waals surface area (Å²) >= 11 is 6.75. The summed E-state index contributed by atoms with van der Waals surface area (Å²) in [5, 5.41) is 2.79. The van der Waals surface area contributed by atoms with Crippen LogP contribution in [0.5, 0.6) is 5.75 Å². The number of carbonyl (C=O) groups excluding carboxylic acids is 3. The van der Waals surface area contributed by atoms with E-state index in [1.165, 1.54) is 0 Å². The van der Waals surface area contributed by atoms with Crippen LogP contribution in [0.3, 0.4) is 0 Å². The first-order valence-electron chi connectivity index (χ1n) is 8.41. The van der Waals surface area contributed by atoms with Crippen LogP contribution in [0.15, 0.2) is 53.4 Å². The van der Waals surface area contributed by atoms with Crippen LogP contribution in [0, 0.1) is 0 Å². The van der Waals surface area contributed by atoms with Gasteiger partial charge in [-0.3, -0.25) is 19.3 Å². The second kappa shape index (κ2) is 8.95. The van der Waals surface area contributed by atoms with Crippen molar-refractivity contribution in [1.82, 2.24) is 10.2 Å². The van der Waals surface area contributed by atoms with Gasteiger partial charge in [-0.1, -0.05) is 29.8 Å². The molecule has 6 nitrogen and oxygen atoms in total. The highest BCUT2D eigenvalue weighted by Crippen LogP contribution is 2.32. The highest BCUT2D eigenvalue weighted by molar-refractivity contribution is 8.18. The second-order valence-electron chi connectivity index (χ2n) is 5.87. The van der Waals surface area contributed by atoms with Gasteiger partial charge in [-0.15, -0.1) is 0 Å². The molecule has 3 rings (SSSR count). The van der Waals surface area contributed by atoms with E-state index >= 15 is 0 Å². The second-order valence-corrected chi connectivity index (χ2v) is 7.30. The van der Waals surface area contributed by atoms with Crippen molar-refractivity contribution in [2.45, 2.75) is 0 Å². The third-order valence-corrected chi connectivity index (χ3v) is 5.14. The number of nitrogens with zero attached hydrogens (tertiary/aromatic N) is 1. The Morgan fingerprint density at radius 2 is 1.96 bits per heavy atom. The zero-order valence-corrected chi connectivity index (χ0v) is 16.5. The summed E-state index contributed by atoms with van der Waals surface area (Å²) in [4.78, 5) is 38.2. The van der Waals surface area contributed by atoms with Crippen LogP contribution < -0.4 is 10.1 Å². The molecule has 0 atom stereocenters. The average Bonchev–Trinajstić information content (AvgIpc) is 2.95. The maximum absolute atomic E-state index is 12.5. The fourth-order valence-corrected chi connectivity index (χ4v) is 3.61. The third-order valence-electron chi connectivity index (χ3n) is 3.99. The fraction of sp³-hybridized carbons (Fsp3) is 0.150. The minimum atomic E-state index is -0.372. The smallest absolute Gasteiger partial charge is 0.293 e. The number of nitrogens with one attached hydrogen (secondary N) is 1. The number of carbonyl (C=O) groups is 3. The lowest BCUT2D eigenvalue weighted by Crippen LogP contribution is -2.37. The van der Waals surface area contributed by atoms with E-state index in [9.17, 15) is 14.4 Å². The molecule has 0 saturated carbocycles. The Morgan fingerprint density at radius 1 is 1.21 bits per heavy atom. The molecule has 1 N–H and O–H groups in total. The van der Waals surface area contributed by atoms with Gasteiger partial charge in [0, 0.05) is 23.7 Å². The maximum atomic E-state index is 12.5. The monoisotopic (exact) mass is 416 g/mol. The average molecular weight is 417 g/mol. The Morgan fingerprint density at radius 3 is 2.64 bits per heavy atom. The van der Waals surface area contributed by atoms with Crippen molar-refractivity contribution < 1.29 is 19.1 Å². The Labute approximate surface area is 171 Å². The van der Waals surface area contributed by atoms with E-state index < -0.39 is 0 Å². The Kier molecular flexibility index (Phi) is 6.38. The van der Waals surface area contributed by atoms with Crippen LogP contribution in [0.25, 0.3) is 6.08 Å². The molecule has 0 aliphatic carbocycles. The number of imide groups is 1. The number of hydrogen-bond acceptors (Lipinski definition) is 5. The van der Waals surface area contributed by atoms with E-state index in [-0.39, 0.29) is 30.1 Å². The van der Waals surface area contributed by atoms with Crippen LogP contribution in [-0.2, 0) is 4.79 Å². The van der Waals surface area contributed by atoms with Crippen LogP contribution in [0.2, 0.25) is 5.02 Å². The van der Waals surface area contributed by atoms with E-state index in [4.69, 9.17) is 16.3 Å². The molecular weight excluding hydrogens is 400 g/mol. The van der Waals surface area contributed by atoms with Gasteiger partial charge in [-0.25, -0.2) is 0 Å². The molecule has 144 valence electrons. The Balaban J connectivity index is 1.59. The summed E-state index contributed by atoms with van der Waals surface area (Å²) in [6.45, 7) is 0.246. The van der Waals surface area contributed by atoms with E-state index in [1.54, 1.807) is 61.7 Å². The molecule has 2 aromatic rings. The molecule has 0 bridgehead atoms. The number of rotatable bonds is 6. The highest BCUT2D eigenvalue weighted by atomic mass is 35.5. The van der Waals surface area contributed by atoms with Crippen LogP contribution in [-0.4, -0.2) is 42.2 Å². The maximum Gasteiger partial charge on any atom is 0.293 e. The number of thioether (sulfide) groups is 1. The van der Waals surface area contributed by atoms with Gasteiger partial charge < -0.3 is 10.1 Å². The molecule has 8 heteroatoms. The van der Waals surface area contributed by atoms with Crippen LogP contribution in [0.1, 0.15) is 15.9 Å². The molecular formula is C20H17ClN2O4S. The number of methoxy groups -OCH3 is 1. The van der Waals surface area contributed by atoms with E-state index in [0.29, 0.717) is 21.2 Å². The summed E-state index contributed by atoms with van der Waals surface area (Å²) in [5.74, 6) is 0.0202. The van der Waals surface area contributed by atoms with Gasteiger partial charge in [-0.2, -0.15) is 0 Å². The predicted molar refractivity (Wildman–Crippen MR) is 109 cm³/mol. The van der Waals surface area contributed by atoms with Gasteiger partial charge in [0.1, 0.15) is 5.75 Å². The number of benzene rings is 2. The Hall–Kier alpha value is -2.77. The molecule has 0 spiro atoms. The van der Waals surface area contributed by atoms with Gasteiger partial charge in [0.15, 0.2) is 0 Å². The number of ether oxygens (including phenoxy) is 1. The van der Waals surface area contributed by atoms with E-state index in [0.717, 1.165) is 22.2 Å². The molecule has 1 heterocycles. The topological polar surface area (TPSA) is 75.7 Å². The van der Waals surface area contributed by atoms with Crippen molar-refractivity contribution in [2.75, 3.05) is 20.2 Å². The van der Waals surface area contributed by atoms with Crippen molar-refractivity contribution in [2.24, 2.45) is 0 Å². The summed E-state index contributed by atoms with van der Waals surface area (Å²) in [6.07, 6.45) is 1.66. The van der Waals surface area contributed by atoms with Gasteiger partial charge >= 0.3 is 0 Å². The molecule has 28 heavy (non-hydrogen) atoms. The predicted octanol–water partition coefficient (Wildman–Crippen LogP) is 3.81. The van der Waals surface area contributed by atoms with Crippen molar-refractivity contribution in [3.8, 4) is 5.75 Å². The molecule has 0 unspecified atom stereocenters. The lowest BCUT2D eigenvalue weighted by atomic mass is 10.2. The van der Waals surface area contributed by atoms with Crippen molar-refractivity contribution in [3.63, 3.8) is 0 Å². The first-order valence-corrected chi connectivity index (χ1v) is 9.60. The minimum Gasteiger partial charge on any atom is -0.497 e. The van der Waals surface area contributed by atoms with Crippen LogP contribution in [0.4, 0.5) is 4.79 Å². The first kappa shape index (κ1) is 20.0. The van der Waals surface area contributed by atoms with Gasteiger partial charge in [-0.05, 0) is 53.7 Å². The molecule has 1 fully saturated rings. The zero-order chi connectivity index (χ0) is 20.1. The number of halogens is 1. The first-order chi connectivity index (χ1) is 13.5. The summed E-state index contributed by atoms with van der Waals surface area (Å²) in [6, 6.07) is 13.7. The highest BCUT2D eigenvalue weighted by Gasteiger charge is 2.34. The lowest BCUT2D eigenvalue weighted by Gasteiger charge is -2.13. The molecule has 0 aromatic heterocycles. The largest absolute Gasteiger partial charge is 0.497 e. The lowest BCUT2D eigenvalue weighted by molar-refractivity contribution is -0.122. The molecule has 1 aliphatic heterocycles. The van der Waals surface area contributed by atoms with Crippen molar-refractivity contribution in [1.29, 1.82) is 0 Å². The van der Waals surface area contributed by atoms with E-state index in [2.05, 4.69) is 5.32 Å². The Bertz CT molecular complexity index is 943. The standard InChI is InChI=1S/C20H17ClN2O4S/c1-27-16-7-5-13(6-8-16)11-17-19(25)23(20(26)28-17)10-9-22-18(24)14-3-2-4-15(21)12-14/h2-8,11-12H,9-10H2,1H3,(H,22,24). The molecule has 1 saturated heterocycles. The molecule has 0 radical (unpaired) electrons. The third kappa shape index (κ3) is 4.74. The zero-order valence-electron chi connectivity index (χ0n) is 15.0. The SMILES string of the molecule is COc1ccc(C=C2SC(=O)N(CCNC(=O)c3cccc(Cl)c3)C2=O)cc1. The van der Waals surface area contributed by atoms with Crippen LogP contribution >= 0.6 is 23.4 Å². The normalized spacial score (nSPS) is 15.2. The number of hydrogen-bond donors (Lipinski definition) is 1. The molecule has 2 aromatic carbocycles. The summed E-state index contributed by atoms with van der Waals surface area (Å²) in [5.41, 5.74) is 1.21. The summed E-state index contributed by atoms with van der Waals surface area (Å²) in [7, 11) is 1.57. The number of amides is 3. The van der Waals surface area contributed by atoms with Crippen molar-refractivity contribution in [3.05, 3.63) is 69.6 Å². The molecule has 3 amide bonds. The fourth-order valence-electron chi connectivity index (χ4n) is 2.56. The van der Waals surface area contributed by atoms with Gasteiger partial charge in [0.2, 0.25) is 0 Å². The summed E-state index contributed by atoms with van der Waals surface area (Å²) < 4.78 is 5.10. The quantitative estimate of drug-likeness (QED) is 0.724. The van der Waals surface area contributed by atoms with Crippen molar-refractivity contribution >= 4 is 46.5 Å². The minimum absolute atomic E-state index is 0.0942. The van der Waals surface area contributed by atoms with Gasteiger partial charge in [0.25, 0.3) is 17.1 Å². The van der Waals surface area contributed by atoms with E-state index in [1.807, 2.05) is 0 Å².